The molecular formula is C75H146O17P2. The lowest BCUT2D eigenvalue weighted by Gasteiger charge is -2.21. The second kappa shape index (κ2) is 66.9. The van der Waals surface area contributed by atoms with Crippen LogP contribution in [-0.2, 0) is 65.4 Å². The Bertz CT molecular complexity index is 1820. The first-order chi connectivity index (χ1) is 45.4. The fourth-order valence-corrected chi connectivity index (χ4v) is 13.1. The molecule has 0 aliphatic heterocycles. The van der Waals surface area contributed by atoms with Crippen molar-refractivity contribution in [3.63, 3.8) is 0 Å². The predicted octanol–water partition coefficient (Wildman–Crippen LogP) is 21.9. The van der Waals surface area contributed by atoms with Gasteiger partial charge >= 0.3 is 39.5 Å². The zero-order chi connectivity index (χ0) is 69.3. The molecule has 0 spiro atoms. The molecule has 0 heterocycles. The van der Waals surface area contributed by atoms with Crippen LogP contribution in [0, 0.1) is 11.8 Å². The van der Waals surface area contributed by atoms with Gasteiger partial charge in [0.2, 0.25) is 0 Å². The molecule has 0 aromatic heterocycles. The molecule has 0 aromatic carbocycles. The molecule has 0 aliphatic rings. The summed E-state index contributed by atoms with van der Waals surface area (Å²) >= 11 is 0. The highest BCUT2D eigenvalue weighted by Gasteiger charge is 2.30. The number of unbranched alkanes of at least 4 members (excludes halogenated alkanes) is 44. The van der Waals surface area contributed by atoms with Crippen LogP contribution in [-0.4, -0.2) is 96.7 Å². The number of rotatable bonds is 74. The number of hydrogen-bond donors (Lipinski definition) is 3. The van der Waals surface area contributed by atoms with Crippen LogP contribution in [0.5, 0.6) is 0 Å². The van der Waals surface area contributed by atoms with Gasteiger partial charge in [-0.1, -0.05) is 337 Å². The zero-order valence-electron chi connectivity index (χ0n) is 61.3. The number of aliphatic hydroxyl groups is 1. The minimum atomic E-state index is -4.96. The number of phosphoric ester groups is 2. The molecule has 0 saturated heterocycles. The highest BCUT2D eigenvalue weighted by molar-refractivity contribution is 7.47. The summed E-state index contributed by atoms with van der Waals surface area (Å²) in [5.74, 6) is -0.618. The number of phosphoric acid groups is 2. The molecule has 19 heteroatoms. The lowest BCUT2D eigenvalue weighted by Crippen LogP contribution is -2.30. The SMILES string of the molecule is CCCCCCCCCCCCCCCCCCCC(=O)O[C@H](COC(=O)CCCCCCCCCCCCCC(C)C)COP(=O)(O)OC[C@@H](O)COP(=O)(O)OC[C@@H](COC(=O)CCCCCCCCCCC(C)C)OC(=O)CCCCCCCCCCCCCC. The van der Waals surface area contributed by atoms with Gasteiger partial charge in [-0.25, -0.2) is 9.13 Å². The van der Waals surface area contributed by atoms with Crippen molar-refractivity contribution in [2.24, 2.45) is 11.8 Å². The van der Waals surface area contributed by atoms with Crippen LogP contribution in [0.3, 0.4) is 0 Å². The van der Waals surface area contributed by atoms with Crippen molar-refractivity contribution in [1.82, 2.24) is 0 Å². The molecule has 558 valence electrons. The Labute approximate surface area is 575 Å². The maximum Gasteiger partial charge on any atom is 0.472 e. The number of carbonyl (C=O) groups excluding carboxylic acids is 4. The van der Waals surface area contributed by atoms with Gasteiger partial charge in [0, 0.05) is 25.7 Å². The summed E-state index contributed by atoms with van der Waals surface area (Å²) < 4.78 is 68.5. The second-order valence-electron chi connectivity index (χ2n) is 28.0. The summed E-state index contributed by atoms with van der Waals surface area (Å²) in [6.07, 6.45) is 54.0. The third kappa shape index (κ3) is 68.6. The Balaban J connectivity index is 5.25. The normalized spacial score (nSPS) is 14.0. The minimum Gasteiger partial charge on any atom is -0.462 e. The Hall–Kier alpha value is -1.94. The lowest BCUT2D eigenvalue weighted by molar-refractivity contribution is -0.161. The molecule has 0 bridgehead atoms. The molecule has 0 rings (SSSR count). The number of aliphatic hydroxyl groups excluding tert-OH is 1. The van der Waals surface area contributed by atoms with E-state index in [9.17, 15) is 43.2 Å². The van der Waals surface area contributed by atoms with Crippen LogP contribution >= 0.6 is 15.6 Å². The van der Waals surface area contributed by atoms with E-state index in [1.54, 1.807) is 0 Å². The van der Waals surface area contributed by atoms with Gasteiger partial charge in [0.15, 0.2) is 12.2 Å². The predicted molar refractivity (Wildman–Crippen MR) is 381 cm³/mol. The molecule has 94 heavy (non-hydrogen) atoms. The van der Waals surface area contributed by atoms with Crippen LogP contribution in [0.1, 0.15) is 388 Å². The maximum atomic E-state index is 13.1. The molecule has 0 aliphatic carbocycles. The van der Waals surface area contributed by atoms with E-state index in [4.69, 9.17) is 37.0 Å². The van der Waals surface area contributed by atoms with Crippen molar-refractivity contribution < 1.29 is 80.2 Å². The Morgan fingerprint density at radius 3 is 0.723 bits per heavy atom. The average Bonchev–Trinajstić information content (AvgIpc) is 1.63. The fourth-order valence-electron chi connectivity index (χ4n) is 11.5. The lowest BCUT2D eigenvalue weighted by atomic mass is 10.0. The van der Waals surface area contributed by atoms with Gasteiger partial charge in [-0.2, -0.15) is 0 Å². The topological polar surface area (TPSA) is 237 Å². The summed E-state index contributed by atoms with van der Waals surface area (Å²) in [7, 11) is -9.91. The average molecular weight is 1380 g/mol. The van der Waals surface area contributed by atoms with Gasteiger partial charge in [-0.05, 0) is 37.5 Å². The van der Waals surface area contributed by atoms with Crippen LogP contribution in [0.2, 0.25) is 0 Å². The van der Waals surface area contributed by atoms with Crippen LogP contribution in [0.25, 0.3) is 0 Å². The number of esters is 4. The fraction of sp³-hybridized carbons (Fsp3) is 0.947. The number of carbonyl (C=O) groups is 4. The van der Waals surface area contributed by atoms with E-state index in [1.165, 1.54) is 205 Å². The van der Waals surface area contributed by atoms with Gasteiger partial charge in [0.25, 0.3) is 0 Å². The van der Waals surface area contributed by atoms with Gasteiger partial charge in [-0.3, -0.25) is 37.3 Å². The summed E-state index contributed by atoms with van der Waals surface area (Å²) in [5, 5.41) is 10.6. The smallest absolute Gasteiger partial charge is 0.462 e. The van der Waals surface area contributed by atoms with E-state index < -0.39 is 97.5 Å². The molecule has 3 N–H and O–H groups in total. The largest absolute Gasteiger partial charge is 0.472 e. The molecule has 17 nitrogen and oxygen atoms in total. The van der Waals surface area contributed by atoms with E-state index >= 15 is 0 Å². The van der Waals surface area contributed by atoms with Gasteiger partial charge < -0.3 is 33.8 Å². The van der Waals surface area contributed by atoms with E-state index in [-0.39, 0.29) is 25.7 Å². The highest BCUT2D eigenvalue weighted by atomic mass is 31.2. The summed E-state index contributed by atoms with van der Waals surface area (Å²) in [6, 6.07) is 0. The molecule has 0 aromatic rings. The first kappa shape index (κ1) is 92.1. The Kier molecular flexibility index (Phi) is 65.5. The van der Waals surface area contributed by atoms with Crippen molar-refractivity contribution in [2.75, 3.05) is 39.6 Å². The minimum absolute atomic E-state index is 0.107. The highest BCUT2D eigenvalue weighted by Crippen LogP contribution is 2.45. The zero-order valence-corrected chi connectivity index (χ0v) is 63.1. The van der Waals surface area contributed by atoms with Crippen LogP contribution in [0.4, 0.5) is 0 Å². The van der Waals surface area contributed by atoms with Crippen molar-refractivity contribution in [3.8, 4) is 0 Å². The number of hydrogen-bond acceptors (Lipinski definition) is 15. The van der Waals surface area contributed by atoms with Crippen molar-refractivity contribution in [3.05, 3.63) is 0 Å². The standard InChI is InChI=1S/C75H146O17P2/c1-7-9-11-13-15-17-19-21-22-23-24-25-29-34-42-48-54-60-75(80)91-70(63-85-72(77)57-51-45-39-32-30-26-27-31-37-43-49-55-67(3)4)65-89-93(81,82)87-61-69(76)62-88-94(83,84)90-66-71(64-86-73(78)58-52-46-40-36-35-38-44-50-56-68(5)6)92-74(79)59-53-47-41-33-28-20-18-16-14-12-10-8-2/h67-71,76H,7-66H2,1-6H3,(H,81,82)(H,83,84)/t69-,70-,71-/m1/s1. The van der Waals surface area contributed by atoms with E-state index in [0.29, 0.717) is 25.7 Å². The van der Waals surface area contributed by atoms with Gasteiger partial charge in [0.05, 0.1) is 26.4 Å². The molecular weight excluding hydrogens is 1230 g/mol. The van der Waals surface area contributed by atoms with E-state index in [2.05, 4.69) is 41.5 Å². The van der Waals surface area contributed by atoms with Crippen LogP contribution in [0.15, 0.2) is 0 Å². The third-order valence-electron chi connectivity index (χ3n) is 17.5. The maximum absolute atomic E-state index is 13.1. The van der Waals surface area contributed by atoms with Crippen LogP contribution < -0.4 is 0 Å². The number of ether oxygens (including phenoxy) is 4. The summed E-state index contributed by atoms with van der Waals surface area (Å²) in [5.41, 5.74) is 0. The van der Waals surface area contributed by atoms with E-state index in [1.807, 2.05) is 0 Å². The van der Waals surface area contributed by atoms with Gasteiger partial charge in [-0.15, -0.1) is 0 Å². The van der Waals surface area contributed by atoms with E-state index in [0.717, 1.165) is 102 Å². The Morgan fingerprint density at radius 2 is 0.489 bits per heavy atom. The van der Waals surface area contributed by atoms with Crippen molar-refractivity contribution in [2.45, 2.75) is 407 Å². The molecule has 0 saturated carbocycles. The second-order valence-corrected chi connectivity index (χ2v) is 30.9. The first-order valence-corrected chi connectivity index (χ1v) is 42.0. The first-order valence-electron chi connectivity index (χ1n) is 39.0. The molecule has 0 amide bonds. The molecule has 5 atom stereocenters. The van der Waals surface area contributed by atoms with Crippen molar-refractivity contribution in [1.29, 1.82) is 0 Å². The van der Waals surface area contributed by atoms with Crippen molar-refractivity contribution >= 4 is 39.5 Å². The summed E-state index contributed by atoms with van der Waals surface area (Å²) in [6.45, 7) is 9.56. The monoisotopic (exact) mass is 1380 g/mol. The molecule has 0 fully saturated rings. The molecule has 2 unspecified atom stereocenters. The third-order valence-corrected chi connectivity index (χ3v) is 19.4. The quantitative estimate of drug-likeness (QED) is 0.0222. The molecule has 0 radical (unpaired) electrons. The summed E-state index contributed by atoms with van der Waals surface area (Å²) in [4.78, 5) is 72.8. The van der Waals surface area contributed by atoms with Gasteiger partial charge in [0.1, 0.15) is 19.3 Å². The Morgan fingerprint density at radius 1 is 0.287 bits per heavy atom.